The minimum Gasteiger partial charge on any atom is -0.497 e. The monoisotopic (exact) mass is 248 g/mol. The Morgan fingerprint density at radius 3 is 2.29 bits per heavy atom. The molecule has 0 atom stereocenters. The highest BCUT2D eigenvalue weighted by Crippen LogP contribution is 2.31. The normalized spacial score (nSPS) is 10.0. The van der Waals surface area contributed by atoms with Crippen LogP contribution in [0.15, 0.2) is 23.6 Å². The van der Waals surface area contributed by atoms with Crippen LogP contribution in [0.5, 0.6) is 11.5 Å². The Morgan fingerprint density at radius 1 is 1.18 bits per heavy atom. The Bertz CT molecular complexity index is 514. The van der Waals surface area contributed by atoms with Crippen molar-refractivity contribution in [1.82, 2.24) is 4.98 Å². The number of hydrogen-bond donors (Lipinski definition) is 0. The summed E-state index contributed by atoms with van der Waals surface area (Å²) in [6.07, 6.45) is 1.76. The van der Waals surface area contributed by atoms with E-state index >= 15 is 0 Å². The maximum absolute atomic E-state index is 10.5. The molecule has 0 N–H and O–H groups in total. The van der Waals surface area contributed by atoms with Gasteiger partial charge in [0.1, 0.15) is 22.2 Å². The summed E-state index contributed by atoms with van der Waals surface area (Å²) in [7, 11) is 3.18. The van der Waals surface area contributed by atoms with E-state index in [1.165, 1.54) is 11.3 Å². The lowest BCUT2D eigenvalue weighted by Gasteiger charge is -2.06. The molecule has 1 heterocycles. The fourth-order valence-electron chi connectivity index (χ4n) is 1.38. The van der Waals surface area contributed by atoms with Crippen LogP contribution in [0, 0.1) is 0 Å². The topological polar surface area (TPSA) is 48.4 Å². The third-order valence-electron chi connectivity index (χ3n) is 2.21. The minimum atomic E-state index is 0.312. The predicted octanol–water partition coefficient (Wildman–Crippen LogP) is 2.29. The second-order valence-electron chi connectivity index (χ2n) is 3.24. The molecule has 0 fully saturated rings. The Kier molecular flexibility index (Phi) is 3.39. The minimum absolute atomic E-state index is 0.312. The van der Waals surface area contributed by atoms with Gasteiger partial charge in [0, 0.05) is 17.0 Å². The van der Waals surface area contributed by atoms with E-state index in [1.807, 2.05) is 12.1 Å². The molecule has 17 heavy (non-hydrogen) atoms. The zero-order valence-corrected chi connectivity index (χ0v) is 10.2. The van der Waals surface area contributed by atoms with Gasteiger partial charge in [-0.15, -0.1) is 11.3 Å². The van der Waals surface area contributed by atoms with Gasteiger partial charge in [-0.2, -0.15) is 0 Å². The van der Waals surface area contributed by atoms with Crippen molar-refractivity contribution in [3.05, 3.63) is 29.3 Å². The quantitative estimate of drug-likeness (QED) is 0.833. The maximum Gasteiger partial charge on any atom is 0.254 e. The first kappa shape index (κ1) is 11.6. The van der Waals surface area contributed by atoms with Gasteiger partial charge in [0.25, 0.3) is 6.29 Å². The lowest BCUT2D eigenvalue weighted by atomic mass is 10.2. The number of methoxy groups -OCH3 is 2. The SMILES string of the molecule is COc1cc(OC)cc(-c2nc([C]=O)cs2)c1. The first-order valence-electron chi connectivity index (χ1n) is 4.84. The number of rotatable bonds is 4. The van der Waals surface area contributed by atoms with Crippen molar-refractivity contribution in [2.75, 3.05) is 14.2 Å². The molecule has 0 spiro atoms. The standard InChI is InChI=1S/C12H10NO3S/c1-15-10-3-8(4-11(5-10)16-2)12-13-9(6-14)7-17-12/h3-5,7H,1-2H3. The molecule has 0 bridgehead atoms. The summed E-state index contributed by atoms with van der Waals surface area (Å²) in [5, 5.41) is 2.40. The van der Waals surface area contributed by atoms with Crippen LogP contribution in [0.2, 0.25) is 0 Å². The molecule has 0 saturated heterocycles. The summed E-state index contributed by atoms with van der Waals surface area (Å²) in [6, 6.07) is 5.47. The van der Waals surface area contributed by atoms with Crippen LogP contribution in [0.25, 0.3) is 10.6 Å². The Labute approximate surface area is 103 Å². The van der Waals surface area contributed by atoms with Gasteiger partial charge in [-0.1, -0.05) is 0 Å². The van der Waals surface area contributed by atoms with E-state index < -0.39 is 0 Å². The molecule has 1 radical (unpaired) electrons. The van der Waals surface area contributed by atoms with Crippen molar-refractivity contribution < 1.29 is 14.3 Å². The number of ether oxygens (including phenoxy) is 2. The molecular weight excluding hydrogens is 238 g/mol. The summed E-state index contributed by atoms with van der Waals surface area (Å²) in [4.78, 5) is 14.6. The highest BCUT2D eigenvalue weighted by atomic mass is 32.1. The fraction of sp³-hybridized carbons (Fsp3) is 0.167. The molecular formula is C12H10NO3S. The van der Waals surface area contributed by atoms with E-state index in [-0.39, 0.29) is 0 Å². The van der Waals surface area contributed by atoms with Crippen LogP contribution in [0.4, 0.5) is 0 Å². The highest BCUT2D eigenvalue weighted by molar-refractivity contribution is 7.13. The van der Waals surface area contributed by atoms with Gasteiger partial charge in [-0.3, -0.25) is 4.79 Å². The Balaban J connectivity index is 2.46. The van der Waals surface area contributed by atoms with Crippen molar-refractivity contribution in [2.45, 2.75) is 0 Å². The molecule has 2 rings (SSSR count). The zero-order chi connectivity index (χ0) is 12.3. The summed E-state index contributed by atoms with van der Waals surface area (Å²) in [6.45, 7) is 0. The van der Waals surface area contributed by atoms with E-state index in [0.717, 1.165) is 10.6 Å². The van der Waals surface area contributed by atoms with Crippen LogP contribution in [-0.4, -0.2) is 25.5 Å². The van der Waals surface area contributed by atoms with E-state index in [1.54, 1.807) is 32.0 Å². The van der Waals surface area contributed by atoms with E-state index in [4.69, 9.17) is 9.47 Å². The van der Waals surface area contributed by atoms with Gasteiger partial charge in [-0.05, 0) is 12.1 Å². The summed E-state index contributed by atoms with van der Waals surface area (Å²) in [5.41, 5.74) is 1.17. The van der Waals surface area contributed by atoms with Gasteiger partial charge in [0.15, 0.2) is 0 Å². The van der Waals surface area contributed by atoms with Crippen molar-refractivity contribution >= 4 is 17.6 Å². The average Bonchev–Trinajstić information content (AvgIpc) is 2.86. The van der Waals surface area contributed by atoms with Crippen LogP contribution in [0.1, 0.15) is 5.69 Å². The van der Waals surface area contributed by atoms with E-state index in [2.05, 4.69) is 4.98 Å². The van der Waals surface area contributed by atoms with Crippen LogP contribution in [0.3, 0.4) is 0 Å². The Hall–Kier alpha value is -1.88. The van der Waals surface area contributed by atoms with Crippen molar-refractivity contribution in [2.24, 2.45) is 0 Å². The number of benzene rings is 1. The van der Waals surface area contributed by atoms with E-state index in [9.17, 15) is 4.79 Å². The maximum atomic E-state index is 10.5. The van der Waals surface area contributed by atoms with Crippen LogP contribution in [-0.2, 0) is 4.79 Å². The van der Waals surface area contributed by atoms with Crippen molar-refractivity contribution in [3.8, 4) is 22.1 Å². The highest BCUT2D eigenvalue weighted by Gasteiger charge is 2.08. The zero-order valence-electron chi connectivity index (χ0n) is 9.39. The smallest absolute Gasteiger partial charge is 0.254 e. The number of nitrogens with zero attached hydrogens (tertiary/aromatic N) is 1. The second-order valence-corrected chi connectivity index (χ2v) is 4.10. The summed E-state index contributed by atoms with van der Waals surface area (Å²) in [5.74, 6) is 1.37. The molecule has 5 heteroatoms. The molecule has 0 unspecified atom stereocenters. The third kappa shape index (κ3) is 2.45. The molecule has 87 valence electrons. The molecule has 0 amide bonds. The molecule has 1 aromatic heterocycles. The molecule has 0 aliphatic rings. The third-order valence-corrected chi connectivity index (χ3v) is 3.10. The van der Waals surface area contributed by atoms with Gasteiger partial charge in [0.2, 0.25) is 0 Å². The predicted molar refractivity (Wildman–Crippen MR) is 65.4 cm³/mol. The van der Waals surface area contributed by atoms with Crippen LogP contribution >= 0.6 is 11.3 Å². The van der Waals surface area contributed by atoms with Crippen molar-refractivity contribution in [3.63, 3.8) is 0 Å². The van der Waals surface area contributed by atoms with Crippen molar-refractivity contribution in [1.29, 1.82) is 0 Å². The van der Waals surface area contributed by atoms with Gasteiger partial charge >= 0.3 is 0 Å². The lowest BCUT2D eigenvalue weighted by molar-refractivity contribution is 0.394. The number of carbonyl (C=O) groups excluding carboxylic acids is 1. The fourth-order valence-corrected chi connectivity index (χ4v) is 2.11. The Morgan fingerprint density at radius 2 is 1.82 bits per heavy atom. The van der Waals surface area contributed by atoms with Gasteiger partial charge in [0.05, 0.1) is 14.2 Å². The van der Waals surface area contributed by atoms with Gasteiger partial charge in [-0.25, -0.2) is 4.98 Å². The molecule has 0 saturated carbocycles. The average molecular weight is 248 g/mol. The summed E-state index contributed by atoms with van der Waals surface area (Å²) < 4.78 is 10.3. The molecule has 4 nitrogen and oxygen atoms in total. The first-order valence-corrected chi connectivity index (χ1v) is 5.72. The van der Waals surface area contributed by atoms with Crippen LogP contribution < -0.4 is 9.47 Å². The van der Waals surface area contributed by atoms with E-state index in [0.29, 0.717) is 17.2 Å². The first-order chi connectivity index (χ1) is 8.26. The lowest BCUT2D eigenvalue weighted by Crippen LogP contribution is -1.89. The largest absolute Gasteiger partial charge is 0.497 e. The molecule has 0 aliphatic carbocycles. The number of hydrogen-bond acceptors (Lipinski definition) is 5. The number of thiazole rings is 1. The number of aromatic nitrogens is 1. The molecule has 0 aliphatic heterocycles. The molecule has 1 aromatic carbocycles. The molecule has 2 aromatic rings. The summed E-state index contributed by atoms with van der Waals surface area (Å²) >= 11 is 1.38. The second kappa shape index (κ2) is 4.97. The van der Waals surface area contributed by atoms with Gasteiger partial charge < -0.3 is 9.47 Å².